The summed E-state index contributed by atoms with van der Waals surface area (Å²) >= 11 is 0. The van der Waals surface area contributed by atoms with Crippen LogP contribution in [0.1, 0.15) is 13.8 Å². The molecule has 0 aliphatic carbocycles. The third kappa shape index (κ3) is 4.50. The van der Waals surface area contributed by atoms with Gasteiger partial charge in [-0.05, 0) is 43.7 Å². The molecule has 2 atom stereocenters. The topological polar surface area (TPSA) is 62.3 Å². The number of nitrogens with one attached hydrogen (secondary N) is 1. The predicted octanol–water partition coefficient (Wildman–Crippen LogP) is 2.54. The van der Waals surface area contributed by atoms with Gasteiger partial charge in [0.25, 0.3) is 0 Å². The summed E-state index contributed by atoms with van der Waals surface area (Å²) in [4.78, 5) is 14.4. The number of hydrogen-bond acceptors (Lipinski definition) is 5. The van der Waals surface area contributed by atoms with E-state index in [9.17, 15) is 4.79 Å². The van der Waals surface area contributed by atoms with Gasteiger partial charge in [-0.1, -0.05) is 12.1 Å². The average Bonchev–Trinajstić information content (AvgIpc) is 2.73. The van der Waals surface area contributed by atoms with E-state index in [-0.39, 0.29) is 17.6 Å². The Morgan fingerprint density at radius 3 is 2.43 bits per heavy atom. The van der Waals surface area contributed by atoms with Gasteiger partial charge in [-0.25, -0.2) is 0 Å². The smallest absolute Gasteiger partial charge is 0.200 e. The number of ether oxygens (including phenoxy) is 3. The lowest BCUT2D eigenvalue weighted by Gasteiger charge is -2.32. The molecule has 1 aliphatic heterocycles. The van der Waals surface area contributed by atoms with Gasteiger partial charge in [0.2, 0.25) is 0 Å². The van der Waals surface area contributed by atoms with Crippen molar-refractivity contribution in [2.45, 2.75) is 26.1 Å². The third-order valence-corrected chi connectivity index (χ3v) is 5.49. The fourth-order valence-electron chi connectivity index (χ4n) is 4.07. The first-order chi connectivity index (χ1) is 14.5. The van der Waals surface area contributed by atoms with Gasteiger partial charge < -0.3 is 23.5 Å². The van der Waals surface area contributed by atoms with Crippen LogP contribution in [0.4, 0.5) is 0 Å². The Morgan fingerprint density at radius 1 is 1.03 bits per heavy atom. The summed E-state index contributed by atoms with van der Waals surface area (Å²) in [6.45, 7) is 7.73. The summed E-state index contributed by atoms with van der Waals surface area (Å²) < 4.78 is 22.7. The number of benzene rings is 2. The van der Waals surface area contributed by atoms with Crippen molar-refractivity contribution in [3.8, 4) is 22.6 Å². The SMILES string of the molecule is COc1ccc(-c2coc3cc(OCC[NH+]4C[C@@H](C)O[C@H](C)C4)ccc3c2=O)cc1. The van der Waals surface area contributed by atoms with Gasteiger partial charge in [0.15, 0.2) is 5.43 Å². The van der Waals surface area contributed by atoms with E-state index in [1.165, 1.54) is 11.2 Å². The molecule has 0 spiro atoms. The molecule has 0 unspecified atom stereocenters. The maximum atomic E-state index is 12.9. The van der Waals surface area contributed by atoms with E-state index in [1.54, 1.807) is 19.2 Å². The highest BCUT2D eigenvalue weighted by molar-refractivity contribution is 5.82. The molecule has 1 aromatic heterocycles. The highest BCUT2D eigenvalue weighted by Gasteiger charge is 2.25. The fraction of sp³-hybridized carbons (Fsp3) is 0.375. The third-order valence-electron chi connectivity index (χ3n) is 5.49. The molecule has 1 saturated heterocycles. The van der Waals surface area contributed by atoms with Gasteiger partial charge in [-0.15, -0.1) is 0 Å². The molecule has 0 bridgehead atoms. The maximum absolute atomic E-state index is 12.9. The Labute approximate surface area is 176 Å². The van der Waals surface area contributed by atoms with Crippen molar-refractivity contribution in [3.05, 3.63) is 59.0 Å². The first kappa shape index (κ1) is 20.4. The van der Waals surface area contributed by atoms with E-state index in [1.807, 2.05) is 30.3 Å². The van der Waals surface area contributed by atoms with Crippen molar-refractivity contribution < 1.29 is 23.5 Å². The molecule has 158 valence electrons. The fourth-order valence-corrected chi connectivity index (χ4v) is 4.07. The molecule has 0 amide bonds. The van der Waals surface area contributed by atoms with Gasteiger partial charge in [-0.2, -0.15) is 0 Å². The predicted molar refractivity (Wildman–Crippen MR) is 116 cm³/mol. The first-order valence-electron chi connectivity index (χ1n) is 10.4. The van der Waals surface area contributed by atoms with E-state index < -0.39 is 0 Å². The minimum absolute atomic E-state index is 0.0614. The number of rotatable bonds is 6. The van der Waals surface area contributed by atoms with E-state index in [2.05, 4.69) is 13.8 Å². The molecule has 6 heteroatoms. The Hall–Kier alpha value is -2.83. The van der Waals surface area contributed by atoms with Crippen molar-refractivity contribution in [1.29, 1.82) is 0 Å². The lowest BCUT2D eigenvalue weighted by Crippen LogP contribution is -3.16. The number of hydrogen-bond donors (Lipinski definition) is 1. The zero-order valence-electron chi connectivity index (χ0n) is 17.6. The van der Waals surface area contributed by atoms with Crippen molar-refractivity contribution in [2.75, 3.05) is 33.4 Å². The van der Waals surface area contributed by atoms with Crippen LogP contribution in [0.25, 0.3) is 22.1 Å². The number of fused-ring (bicyclic) bond motifs is 1. The maximum Gasteiger partial charge on any atom is 0.200 e. The van der Waals surface area contributed by atoms with Crippen molar-refractivity contribution >= 4 is 11.0 Å². The second-order valence-electron chi connectivity index (χ2n) is 7.88. The summed E-state index contributed by atoms with van der Waals surface area (Å²) in [6.07, 6.45) is 2.06. The normalized spacial score (nSPS) is 21.5. The zero-order valence-corrected chi connectivity index (χ0v) is 17.6. The molecule has 1 fully saturated rings. The van der Waals surface area contributed by atoms with Crippen LogP contribution in [0.2, 0.25) is 0 Å². The van der Waals surface area contributed by atoms with Crippen LogP contribution in [0.5, 0.6) is 11.5 Å². The van der Waals surface area contributed by atoms with Gasteiger partial charge in [0, 0.05) is 6.07 Å². The molecular weight excluding hydrogens is 382 g/mol. The largest absolute Gasteiger partial charge is 0.497 e. The standard InChI is InChI=1S/C24H27NO5/c1-16-13-25(14-17(2)30-16)10-11-28-20-8-9-21-23(12-20)29-15-22(24(21)26)18-4-6-19(27-3)7-5-18/h4-9,12,15-17H,10-11,13-14H2,1-3H3/p+1/t16-,17-/m1/s1. The Bertz CT molecular complexity index is 1050. The van der Waals surface area contributed by atoms with Gasteiger partial charge in [0.05, 0.1) is 18.1 Å². The van der Waals surface area contributed by atoms with E-state index in [0.29, 0.717) is 28.9 Å². The molecule has 30 heavy (non-hydrogen) atoms. The van der Waals surface area contributed by atoms with Crippen molar-refractivity contribution in [3.63, 3.8) is 0 Å². The van der Waals surface area contributed by atoms with E-state index in [0.717, 1.165) is 30.9 Å². The van der Waals surface area contributed by atoms with E-state index in [4.69, 9.17) is 18.6 Å². The van der Waals surface area contributed by atoms with Crippen LogP contribution in [0.15, 0.2) is 57.9 Å². The summed E-state index contributed by atoms with van der Waals surface area (Å²) in [5, 5.41) is 0.539. The van der Waals surface area contributed by atoms with E-state index >= 15 is 0 Å². The Morgan fingerprint density at radius 2 is 1.73 bits per heavy atom. The second-order valence-corrected chi connectivity index (χ2v) is 7.88. The molecule has 0 radical (unpaired) electrons. The quantitative estimate of drug-likeness (QED) is 0.677. The van der Waals surface area contributed by atoms with Crippen molar-refractivity contribution in [1.82, 2.24) is 0 Å². The van der Waals surface area contributed by atoms with Crippen LogP contribution < -0.4 is 19.8 Å². The molecular formula is C24H28NO5+. The summed E-state index contributed by atoms with van der Waals surface area (Å²) in [5.74, 6) is 1.45. The van der Waals surface area contributed by atoms with Crippen LogP contribution >= 0.6 is 0 Å². The second kappa shape index (κ2) is 8.90. The summed E-state index contributed by atoms with van der Waals surface area (Å²) in [5.41, 5.74) is 1.78. The van der Waals surface area contributed by atoms with Crippen LogP contribution in [0, 0.1) is 0 Å². The molecule has 2 heterocycles. The van der Waals surface area contributed by atoms with Crippen LogP contribution in [0.3, 0.4) is 0 Å². The highest BCUT2D eigenvalue weighted by Crippen LogP contribution is 2.24. The number of methoxy groups -OCH3 is 1. The van der Waals surface area contributed by atoms with Crippen LogP contribution in [-0.2, 0) is 4.74 Å². The molecule has 1 N–H and O–H groups in total. The Kier molecular flexibility index (Phi) is 6.06. The first-order valence-corrected chi connectivity index (χ1v) is 10.4. The molecule has 0 saturated carbocycles. The molecule has 2 aromatic carbocycles. The summed E-state index contributed by atoms with van der Waals surface area (Å²) in [7, 11) is 1.61. The monoisotopic (exact) mass is 410 g/mol. The van der Waals surface area contributed by atoms with Gasteiger partial charge in [-0.3, -0.25) is 4.79 Å². The molecule has 3 aromatic rings. The lowest BCUT2D eigenvalue weighted by molar-refractivity contribution is -0.915. The summed E-state index contributed by atoms with van der Waals surface area (Å²) in [6, 6.07) is 12.7. The zero-order chi connectivity index (χ0) is 21.1. The molecule has 4 rings (SSSR count). The number of quaternary nitrogens is 1. The minimum Gasteiger partial charge on any atom is -0.497 e. The number of morpholine rings is 1. The molecule has 6 nitrogen and oxygen atoms in total. The van der Waals surface area contributed by atoms with Gasteiger partial charge >= 0.3 is 0 Å². The molecule has 1 aliphatic rings. The van der Waals surface area contributed by atoms with Gasteiger partial charge in [0.1, 0.15) is 61.8 Å². The highest BCUT2D eigenvalue weighted by atomic mass is 16.5. The van der Waals surface area contributed by atoms with Crippen LogP contribution in [-0.4, -0.2) is 45.6 Å². The minimum atomic E-state index is -0.0614. The lowest BCUT2D eigenvalue weighted by atomic mass is 10.1. The van der Waals surface area contributed by atoms with Crippen molar-refractivity contribution in [2.24, 2.45) is 0 Å². The Balaban J connectivity index is 1.46. The average molecular weight is 410 g/mol.